The number of aryl methyl sites for hydroxylation is 1. The zero-order valence-corrected chi connectivity index (χ0v) is 14.1. The van der Waals surface area contributed by atoms with Crippen LogP contribution >= 0.6 is 0 Å². The molecule has 1 atom stereocenters. The average Bonchev–Trinajstić information content (AvgIpc) is 2.88. The van der Waals surface area contributed by atoms with Crippen molar-refractivity contribution in [2.45, 2.75) is 32.6 Å². The standard InChI is InChI=1S/C18H23N3O2/c1-18(2,3)15-10-16(21(4)20-15)19-17(22)13-9-12-7-5-6-8-14(12)23-11-13/h5-8,10,13H,9,11H2,1-4H3,(H,19,22). The summed E-state index contributed by atoms with van der Waals surface area (Å²) in [4.78, 5) is 12.6. The van der Waals surface area contributed by atoms with Crippen LogP contribution in [0.4, 0.5) is 5.82 Å². The van der Waals surface area contributed by atoms with Crippen molar-refractivity contribution in [3.05, 3.63) is 41.6 Å². The molecule has 0 fully saturated rings. The second-order valence-electron chi connectivity index (χ2n) is 7.10. The molecule has 5 heteroatoms. The van der Waals surface area contributed by atoms with Crippen LogP contribution in [0.25, 0.3) is 0 Å². The summed E-state index contributed by atoms with van der Waals surface area (Å²) in [5.41, 5.74) is 1.99. The van der Waals surface area contributed by atoms with E-state index >= 15 is 0 Å². The van der Waals surface area contributed by atoms with Crippen LogP contribution in [0.2, 0.25) is 0 Å². The van der Waals surface area contributed by atoms with E-state index in [1.54, 1.807) is 4.68 Å². The van der Waals surface area contributed by atoms with Gasteiger partial charge < -0.3 is 10.1 Å². The van der Waals surface area contributed by atoms with Gasteiger partial charge in [0.25, 0.3) is 0 Å². The summed E-state index contributed by atoms with van der Waals surface area (Å²) in [7, 11) is 1.84. The molecule has 0 aliphatic carbocycles. The van der Waals surface area contributed by atoms with Crippen molar-refractivity contribution in [3.8, 4) is 5.75 Å². The molecule has 2 aromatic rings. The molecule has 3 rings (SSSR count). The molecule has 1 aromatic carbocycles. The predicted molar refractivity (Wildman–Crippen MR) is 89.7 cm³/mol. The van der Waals surface area contributed by atoms with E-state index < -0.39 is 0 Å². The summed E-state index contributed by atoms with van der Waals surface area (Å²) in [5, 5.41) is 7.47. The number of carbonyl (C=O) groups is 1. The number of hydrogen-bond acceptors (Lipinski definition) is 3. The quantitative estimate of drug-likeness (QED) is 0.927. The molecule has 5 nitrogen and oxygen atoms in total. The second kappa shape index (κ2) is 5.72. The van der Waals surface area contributed by atoms with Gasteiger partial charge in [0, 0.05) is 18.5 Å². The number of amides is 1. The third kappa shape index (κ3) is 3.23. The average molecular weight is 313 g/mol. The van der Waals surface area contributed by atoms with Crippen LogP contribution in [0.1, 0.15) is 32.0 Å². The molecule has 1 aliphatic rings. The lowest BCUT2D eigenvalue weighted by molar-refractivity contribution is -0.121. The van der Waals surface area contributed by atoms with Crippen LogP contribution in [0.3, 0.4) is 0 Å². The number of fused-ring (bicyclic) bond motifs is 1. The van der Waals surface area contributed by atoms with E-state index in [0.29, 0.717) is 13.0 Å². The van der Waals surface area contributed by atoms with Crippen LogP contribution in [-0.4, -0.2) is 22.3 Å². The van der Waals surface area contributed by atoms with Gasteiger partial charge in [0.05, 0.1) is 11.6 Å². The maximum atomic E-state index is 12.6. The van der Waals surface area contributed by atoms with Gasteiger partial charge >= 0.3 is 0 Å². The van der Waals surface area contributed by atoms with E-state index in [1.807, 2.05) is 37.4 Å². The minimum absolute atomic E-state index is 0.0250. The van der Waals surface area contributed by atoms with Crippen molar-refractivity contribution in [3.63, 3.8) is 0 Å². The number of hydrogen-bond donors (Lipinski definition) is 1. The number of carbonyl (C=O) groups excluding carboxylic acids is 1. The van der Waals surface area contributed by atoms with Gasteiger partial charge in [-0.2, -0.15) is 5.10 Å². The van der Waals surface area contributed by atoms with E-state index in [4.69, 9.17) is 4.74 Å². The smallest absolute Gasteiger partial charge is 0.232 e. The van der Waals surface area contributed by atoms with Crippen LogP contribution in [0.5, 0.6) is 5.75 Å². The third-order valence-corrected chi connectivity index (χ3v) is 4.15. The summed E-state index contributed by atoms with van der Waals surface area (Å²) in [5.74, 6) is 1.40. The number of benzene rings is 1. The lowest BCUT2D eigenvalue weighted by atomic mass is 9.92. The molecule has 1 amide bonds. The summed E-state index contributed by atoms with van der Waals surface area (Å²) in [6.07, 6.45) is 0.700. The molecule has 0 saturated heterocycles. The molecular weight excluding hydrogens is 290 g/mol. The van der Waals surface area contributed by atoms with Crippen LogP contribution in [0.15, 0.2) is 30.3 Å². The largest absolute Gasteiger partial charge is 0.492 e. The first kappa shape index (κ1) is 15.6. The minimum atomic E-state index is -0.183. The van der Waals surface area contributed by atoms with Crippen molar-refractivity contribution in [1.82, 2.24) is 9.78 Å². The lowest BCUT2D eigenvalue weighted by Gasteiger charge is -2.24. The van der Waals surface area contributed by atoms with Crippen LogP contribution in [-0.2, 0) is 23.7 Å². The summed E-state index contributed by atoms with van der Waals surface area (Å²) < 4.78 is 7.42. The molecular formula is C18H23N3O2. The number of ether oxygens (including phenoxy) is 1. The topological polar surface area (TPSA) is 56.2 Å². The first-order valence-electron chi connectivity index (χ1n) is 7.90. The van der Waals surface area contributed by atoms with E-state index in [0.717, 1.165) is 22.8 Å². The number of nitrogens with one attached hydrogen (secondary N) is 1. The Hall–Kier alpha value is -2.30. The van der Waals surface area contributed by atoms with Gasteiger partial charge in [-0.25, -0.2) is 0 Å². The molecule has 1 aromatic heterocycles. The lowest BCUT2D eigenvalue weighted by Crippen LogP contribution is -2.33. The highest BCUT2D eigenvalue weighted by molar-refractivity contribution is 5.92. The maximum absolute atomic E-state index is 12.6. The number of aromatic nitrogens is 2. The van der Waals surface area contributed by atoms with E-state index in [-0.39, 0.29) is 17.2 Å². The van der Waals surface area contributed by atoms with Crippen LogP contribution < -0.4 is 10.1 Å². The van der Waals surface area contributed by atoms with Crippen molar-refractivity contribution in [2.75, 3.05) is 11.9 Å². The van der Waals surface area contributed by atoms with Gasteiger partial charge in [0.2, 0.25) is 5.91 Å². The fraction of sp³-hybridized carbons (Fsp3) is 0.444. The predicted octanol–water partition coefficient (Wildman–Crippen LogP) is 2.91. The Morgan fingerprint density at radius 2 is 2.09 bits per heavy atom. The SMILES string of the molecule is Cn1nc(C(C)(C)C)cc1NC(=O)C1COc2ccccc2C1. The number of rotatable bonds is 2. The van der Waals surface area contributed by atoms with Gasteiger partial charge in [0.15, 0.2) is 0 Å². The molecule has 1 N–H and O–H groups in total. The fourth-order valence-electron chi connectivity index (χ4n) is 2.68. The van der Waals surface area contributed by atoms with Gasteiger partial charge in [-0.3, -0.25) is 9.48 Å². The number of anilines is 1. The maximum Gasteiger partial charge on any atom is 0.232 e. The molecule has 2 heterocycles. The van der Waals surface area contributed by atoms with E-state index in [9.17, 15) is 4.79 Å². The Bertz CT molecular complexity index is 728. The normalized spacial score (nSPS) is 17.3. The summed E-state index contributed by atoms with van der Waals surface area (Å²) in [6.45, 7) is 6.72. The molecule has 122 valence electrons. The van der Waals surface area contributed by atoms with Crippen molar-refractivity contribution in [2.24, 2.45) is 13.0 Å². The Morgan fingerprint density at radius 1 is 1.35 bits per heavy atom. The van der Waals surface area contributed by atoms with E-state index in [2.05, 4.69) is 31.2 Å². The van der Waals surface area contributed by atoms with Crippen molar-refractivity contribution in [1.29, 1.82) is 0 Å². The summed E-state index contributed by atoms with van der Waals surface area (Å²) >= 11 is 0. The van der Waals surface area contributed by atoms with Gasteiger partial charge in [-0.15, -0.1) is 0 Å². The number of nitrogens with zero attached hydrogens (tertiary/aromatic N) is 2. The van der Waals surface area contributed by atoms with Crippen LogP contribution in [0, 0.1) is 5.92 Å². The Morgan fingerprint density at radius 3 is 2.78 bits per heavy atom. The highest BCUT2D eigenvalue weighted by atomic mass is 16.5. The minimum Gasteiger partial charge on any atom is -0.492 e. The third-order valence-electron chi connectivity index (χ3n) is 4.15. The molecule has 1 aliphatic heterocycles. The zero-order valence-electron chi connectivity index (χ0n) is 14.1. The first-order chi connectivity index (χ1) is 10.8. The monoisotopic (exact) mass is 313 g/mol. The van der Waals surface area contributed by atoms with Crippen molar-refractivity contribution < 1.29 is 9.53 Å². The highest BCUT2D eigenvalue weighted by Crippen LogP contribution is 2.28. The Labute approximate surface area is 136 Å². The molecule has 0 spiro atoms. The highest BCUT2D eigenvalue weighted by Gasteiger charge is 2.27. The Kier molecular flexibility index (Phi) is 3.88. The van der Waals surface area contributed by atoms with Gasteiger partial charge in [0.1, 0.15) is 18.2 Å². The Balaban J connectivity index is 1.72. The van der Waals surface area contributed by atoms with E-state index in [1.165, 1.54) is 0 Å². The van der Waals surface area contributed by atoms with Crippen molar-refractivity contribution >= 4 is 11.7 Å². The first-order valence-corrected chi connectivity index (χ1v) is 7.90. The second-order valence-corrected chi connectivity index (χ2v) is 7.10. The number of para-hydroxylation sites is 1. The van der Waals surface area contributed by atoms with Gasteiger partial charge in [-0.05, 0) is 18.1 Å². The zero-order chi connectivity index (χ0) is 16.6. The summed E-state index contributed by atoms with van der Waals surface area (Å²) in [6, 6.07) is 9.81. The molecule has 23 heavy (non-hydrogen) atoms. The fourth-order valence-corrected chi connectivity index (χ4v) is 2.68. The molecule has 1 unspecified atom stereocenters. The molecule has 0 bridgehead atoms. The molecule has 0 radical (unpaired) electrons. The van der Waals surface area contributed by atoms with Gasteiger partial charge in [-0.1, -0.05) is 39.0 Å². The molecule has 0 saturated carbocycles.